The van der Waals surface area contributed by atoms with Gasteiger partial charge in [-0.2, -0.15) is 0 Å². The third-order valence-corrected chi connectivity index (χ3v) is 2.52. The number of rotatable bonds is 4. The summed E-state index contributed by atoms with van der Waals surface area (Å²) in [6, 6.07) is 0. The number of hydrogen-bond donors (Lipinski definition) is 2. The zero-order chi connectivity index (χ0) is 9.84. The number of aromatic nitrogens is 1. The molecule has 0 aromatic carbocycles. The maximum absolute atomic E-state index is 10.6. The number of thiazole rings is 1. The third kappa shape index (κ3) is 2.25. The van der Waals surface area contributed by atoms with Gasteiger partial charge in [-0.25, -0.2) is 9.78 Å². The van der Waals surface area contributed by atoms with Gasteiger partial charge in [-0.1, -0.05) is 0 Å². The molecule has 1 rings (SSSR count). The Kier molecular flexibility index (Phi) is 2.97. The largest absolute Gasteiger partial charge is 0.477 e. The van der Waals surface area contributed by atoms with Gasteiger partial charge < -0.3 is 10.4 Å². The second-order valence-electron chi connectivity index (χ2n) is 2.33. The molecule has 0 aliphatic rings. The lowest BCUT2D eigenvalue weighted by atomic mass is 10.4. The number of carbonyl (C=O) groups is 2. The Hall–Kier alpha value is -1.43. The van der Waals surface area contributed by atoms with Crippen LogP contribution < -0.4 is 5.32 Å². The zero-order valence-corrected chi connectivity index (χ0v) is 7.72. The summed E-state index contributed by atoms with van der Waals surface area (Å²) in [5.41, 5.74) is 0.486. The Morgan fingerprint density at radius 2 is 2.46 bits per heavy atom. The van der Waals surface area contributed by atoms with Gasteiger partial charge in [0.25, 0.3) is 0 Å². The zero-order valence-electron chi connectivity index (χ0n) is 6.90. The molecule has 70 valence electrons. The summed E-state index contributed by atoms with van der Waals surface area (Å²) >= 11 is 1.08. The van der Waals surface area contributed by atoms with Gasteiger partial charge in [-0.15, -0.1) is 11.3 Å². The maximum Gasteiger partial charge on any atom is 0.347 e. The van der Waals surface area contributed by atoms with Gasteiger partial charge in [0.05, 0.1) is 12.2 Å². The van der Waals surface area contributed by atoms with Gasteiger partial charge in [-0.05, 0) is 6.92 Å². The van der Waals surface area contributed by atoms with Gasteiger partial charge in [-0.3, -0.25) is 4.79 Å². The number of nitrogens with one attached hydrogen (secondary N) is 1. The van der Waals surface area contributed by atoms with Crippen molar-refractivity contribution in [3.63, 3.8) is 0 Å². The Balaban J connectivity index is 2.82. The van der Waals surface area contributed by atoms with Crippen molar-refractivity contribution in [2.24, 2.45) is 0 Å². The first-order chi connectivity index (χ1) is 6.15. The van der Waals surface area contributed by atoms with Crippen LogP contribution in [0, 0.1) is 6.92 Å². The normalized spacial score (nSPS) is 9.62. The predicted molar refractivity (Wildman–Crippen MR) is 46.7 cm³/mol. The lowest BCUT2D eigenvalue weighted by Gasteiger charge is -1.89. The minimum absolute atomic E-state index is 0.225. The molecule has 0 fully saturated rings. The number of carboxylic acids is 1. The van der Waals surface area contributed by atoms with Gasteiger partial charge in [0.2, 0.25) is 6.41 Å². The highest BCUT2D eigenvalue weighted by atomic mass is 32.1. The summed E-state index contributed by atoms with van der Waals surface area (Å²) in [6.07, 6.45) is 0.553. The Morgan fingerprint density at radius 1 is 1.77 bits per heavy atom. The van der Waals surface area contributed by atoms with Crippen molar-refractivity contribution >= 4 is 23.7 Å². The molecule has 1 aromatic heterocycles. The molecule has 5 nitrogen and oxygen atoms in total. The molecule has 0 unspecified atom stereocenters. The van der Waals surface area contributed by atoms with Gasteiger partial charge in [0.15, 0.2) is 0 Å². The van der Waals surface area contributed by atoms with Crippen molar-refractivity contribution in [2.45, 2.75) is 13.5 Å². The van der Waals surface area contributed by atoms with E-state index in [1.807, 2.05) is 0 Å². The van der Waals surface area contributed by atoms with E-state index in [-0.39, 0.29) is 11.4 Å². The van der Waals surface area contributed by atoms with Crippen LogP contribution in [0.3, 0.4) is 0 Å². The van der Waals surface area contributed by atoms with Crippen molar-refractivity contribution in [1.29, 1.82) is 0 Å². The van der Waals surface area contributed by atoms with Crippen LogP contribution in [-0.4, -0.2) is 22.5 Å². The summed E-state index contributed by atoms with van der Waals surface area (Å²) in [5.74, 6) is -0.979. The molecule has 0 spiro atoms. The summed E-state index contributed by atoms with van der Waals surface area (Å²) < 4.78 is 0. The number of amides is 1. The van der Waals surface area contributed by atoms with E-state index in [1.165, 1.54) is 0 Å². The van der Waals surface area contributed by atoms with Crippen LogP contribution >= 0.6 is 11.3 Å². The Bertz CT molecular complexity index is 334. The summed E-state index contributed by atoms with van der Waals surface area (Å²) in [7, 11) is 0. The highest BCUT2D eigenvalue weighted by Gasteiger charge is 2.12. The van der Waals surface area contributed by atoms with Crippen LogP contribution in [0.15, 0.2) is 0 Å². The molecular weight excluding hydrogens is 192 g/mol. The summed E-state index contributed by atoms with van der Waals surface area (Å²) in [5, 5.41) is 11.7. The summed E-state index contributed by atoms with van der Waals surface area (Å²) in [6.45, 7) is 1.91. The van der Waals surface area contributed by atoms with E-state index in [0.717, 1.165) is 11.3 Å². The number of nitrogens with zero attached hydrogens (tertiary/aromatic N) is 1. The van der Waals surface area contributed by atoms with Crippen LogP contribution in [0.25, 0.3) is 0 Å². The van der Waals surface area contributed by atoms with E-state index < -0.39 is 5.97 Å². The molecule has 13 heavy (non-hydrogen) atoms. The molecule has 0 bridgehead atoms. The average molecular weight is 200 g/mol. The topological polar surface area (TPSA) is 79.3 Å². The molecule has 2 N–H and O–H groups in total. The molecule has 0 aliphatic heterocycles. The second kappa shape index (κ2) is 3.99. The minimum Gasteiger partial charge on any atom is -0.477 e. The fourth-order valence-corrected chi connectivity index (χ4v) is 1.71. The SMILES string of the molecule is Cc1nc(CNC=O)sc1C(=O)O. The Labute approximate surface area is 78.4 Å². The first kappa shape index (κ1) is 9.66. The van der Waals surface area contributed by atoms with Crippen molar-refractivity contribution in [1.82, 2.24) is 10.3 Å². The van der Waals surface area contributed by atoms with Crippen LogP contribution in [0.2, 0.25) is 0 Å². The van der Waals surface area contributed by atoms with Crippen molar-refractivity contribution in [3.05, 3.63) is 15.6 Å². The van der Waals surface area contributed by atoms with Gasteiger partial charge >= 0.3 is 5.97 Å². The molecule has 1 amide bonds. The van der Waals surface area contributed by atoms with E-state index in [2.05, 4.69) is 10.3 Å². The lowest BCUT2D eigenvalue weighted by molar-refractivity contribution is -0.109. The van der Waals surface area contributed by atoms with Crippen LogP contribution in [0.4, 0.5) is 0 Å². The van der Waals surface area contributed by atoms with E-state index in [0.29, 0.717) is 17.1 Å². The van der Waals surface area contributed by atoms with Gasteiger partial charge in [0.1, 0.15) is 9.88 Å². The third-order valence-electron chi connectivity index (χ3n) is 1.37. The van der Waals surface area contributed by atoms with Crippen molar-refractivity contribution in [3.8, 4) is 0 Å². The molecule has 6 heteroatoms. The predicted octanol–water partition coefficient (Wildman–Crippen LogP) is 0.396. The van der Waals surface area contributed by atoms with E-state index in [4.69, 9.17) is 5.11 Å². The molecule has 0 atom stereocenters. The fourth-order valence-electron chi connectivity index (χ4n) is 0.855. The lowest BCUT2D eigenvalue weighted by Crippen LogP contribution is -2.09. The van der Waals surface area contributed by atoms with Crippen LogP contribution in [0.1, 0.15) is 20.4 Å². The second-order valence-corrected chi connectivity index (χ2v) is 3.41. The van der Waals surface area contributed by atoms with E-state index in [1.54, 1.807) is 6.92 Å². The molecular formula is C7H8N2O3S. The molecule has 1 aromatic rings. The highest BCUT2D eigenvalue weighted by Crippen LogP contribution is 2.17. The average Bonchev–Trinajstić information content (AvgIpc) is 2.43. The van der Waals surface area contributed by atoms with Gasteiger partial charge in [0, 0.05) is 0 Å². The highest BCUT2D eigenvalue weighted by molar-refractivity contribution is 7.13. The minimum atomic E-state index is -0.979. The first-order valence-electron chi connectivity index (χ1n) is 3.51. The number of carboxylic acid groups (broad SMARTS) is 1. The quantitative estimate of drug-likeness (QED) is 0.689. The molecule has 0 aliphatic carbocycles. The van der Waals surface area contributed by atoms with Crippen molar-refractivity contribution < 1.29 is 14.7 Å². The van der Waals surface area contributed by atoms with Crippen LogP contribution in [-0.2, 0) is 11.3 Å². The number of hydrogen-bond acceptors (Lipinski definition) is 4. The smallest absolute Gasteiger partial charge is 0.347 e. The van der Waals surface area contributed by atoms with E-state index in [9.17, 15) is 9.59 Å². The molecule has 0 saturated carbocycles. The first-order valence-corrected chi connectivity index (χ1v) is 4.33. The Morgan fingerprint density at radius 3 is 2.92 bits per heavy atom. The molecule has 0 radical (unpaired) electrons. The monoisotopic (exact) mass is 200 g/mol. The van der Waals surface area contributed by atoms with Crippen molar-refractivity contribution in [2.75, 3.05) is 0 Å². The van der Waals surface area contributed by atoms with E-state index >= 15 is 0 Å². The van der Waals surface area contributed by atoms with Crippen LogP contribution in [0.5, 0.6) is 0 Å². The summed E-state index contributed by atoms with van der Waals surface area (Å²) in [4.78, 5) is 24.8. The number of aryl methyl sites for hydroxylation is 1. The number of aromatic carboxylic acids is 1. The maximum atomic E-state index is 10.6. The fraction of sp³-hybridized carbons (Fsp3) is 0.286. The molecule has 1 heterocycles. The number of carbonyl (C=O) groups excluding carboxylic acids is 1. The molecule has 0 saturated heterocycles. The standard InChI is InChI=1S/C7H8N2O3S/c1-4-6(7(11)12)13-5(9-4)2-8-3-10/h3H,2H2,1H3,(H,8,10)(H,11,12).